The molecule has 15 heavy (non-hydrogen) atoms. The molecule has 0 amide bonds. The van der Waals surface area contributed by atoms with Crippen LogP contribution in [0.2, 0.25) is 0 Å². The molecule has 0 unspecified atom stereocenters. The number of halogens is 1. The monoisotopic (exact) mass is 326 g/mol. The Kier molecular flexibility index (Phi) is 9.18. The van der Waals surface area contributed by atoms with Gasteiger partial charge in [0.1, 0.15) is 0 Å². The van der Waals surface area contributed by atoms with E-state index in [0.717, 1.165) is 0 Å². The average Bonchev–Trinajstić information content (AvgIpc) is 1.82. The van der Waals surface area contributed by atoms with Gasteiger partial charge in [-0.15, -0.1) is 12.2 Å². The van der Waals surface area contributed by atoms with Gasteiger partial charge in [0, 0.05) is 0 Å². The van der Waals surface area contributed by atoms with Gasteiger partial charge < -0.3 is 22.1 Å². The van der Waals surface area contributed by atoms with Crippen LogP contribution in [0.4, 0.5) is 0 Å². The standard InChI is InChI=1S/C12H23O.BrH.Zn/c1-8-9-12(13,10(2,3)4)11(5,6)7;;/h8H,1,9H2,2-7H3;1H;/q-1;;+2/p-1. The molecule has 0 spiro atoms. The van der Waals surface area contributed by atoms with Crippen molar-refractivity contribution in [3.63, 3.8) is 0 Å². The first-order valence-electron chi connectivity index (χ1n) is 4.87. The van der Waals surface area contributed by atoms with E-state index in [1.54, 1.807) is 6.08 Å². The molecule has 0 aromatic carbocycles. The summed E-state index contributed by atoms with van der Waals surface area (Å²) in [5, 5.41) is 12.7. The molecule has 0 N–H and O–H groups in total. The maximum atomic E-state index is 12.7. The zero-order valence-electron chi connectivity index (χ0n) is 11.0. The van der Waals surface area contributed by atoms with Gasteiger partial charge in [0.15, 0.2) is 0 Å². The zero-order valence-corrected chi connectivity index (χ0v) is 15.5. The van der Waals surface area contributed by atoms with E-state index >= 15 is 0 Å². The summed E-state index contributed by atoms with van der Waals surface area (Å²) in [4.78, 5) is 0. The van der Waals surface area contributed by atoms with Crippen LogP contribution in [0, 0.1) is 10.8 Å². The number of hydrogen-bond acceptors (Lipinski definition) is 1. The molecule has 0 aliphatic carbocycles. The van der Waals surface area contributed by atoms with Gasteiger partial charge in [0.25, 0.3) is 0 Å². The molecule has 0 rings (SSSR count). The van der Waals surface area contributed by atoms with E-state index in [2.05, 4.69) is 6.58 Å². The van der Waals surface area contributed by atoms with Crippen LogP contribution in [0.3, 0.4) is 0 Å². The van der Waals surface area contributed by atoms with Gasteiger partial charge >= 0.3 is 19.5 Å². The fourth-order valence-corrected chi connectivity index (χ4v) is 1.94. The fourth-order valence-electron chi connectivity index (χ4n) is 1.94. The summed E-state index contributed by atoms with van der Waals surface area (Å²) in [5.74, 6) is 0. The Hall–Kier alpha value is 0.803. The van der Waals surface area contributed by atoms with Crippen LogP contribution in [0.15, 0.2) is 12.7 Å². The van der Waals surface area contributed by atoms with E-state index in [1.807, 2.05) is 41.5 Å². The SMILES string of the molecule is C=CCC([O-])(C(C)(C)C)C(C)(C)C.[Br-].[Zn+2]. The van der Waals surface area contributed by atoms with Crippen molar-refractivity contribution in [2.75, 3.05) is 0 Å². The normalized spacial score (nSPS) is 12.5. The van der Waals surface area contributed by atoms with E-state index in [4.69, 9.17) is 0 Å². The first kappa shape index (κ1) is 21.1. The Bertz CT molecular complexity index is 175. The van der Waals surface area contributed by atoms with Gasteiger partial charge in [-0.1, -0.05) is 47.6 Å². The molecule has 0 radical (unpaired) electrons. The van der Waals surface area contributed by atoms with E-state index in [9.17, 15) is 5.11 Å². The molecule has 1 nitrogen and oxygen atoms in total. The minimum atomic E-state index is -0.943. The molecule has 0 bridgehead atoms. The van der Waals surface area contributed by atoms with Gasteiger partial charge in [-0.2, -0.15) is 0 Å². The van der Waals surface area contributed by atoms with Crippen molar-refractivity contribution in [1.82, 2.24) is 0 Å². The fraction of sp³-hybridized carbons (Fsp3) is 0.833. The second-order valence-corrected chi connectivity index (χ2v) is 5.82. The second-order valence-electron chi connectivity index (χ2n) is 5.82. The van der Waals surface area contributed by atoms with Gasteiger partial charge in [-0.05, 0) is 17.3 Å². The molecule has 0 heterocycles. The van der Waals surface area contributed by atoms with Crippen LogP contribution in [-0.2, 0) is 19.5 Å². The first-order chi connectivity index (χ1) is 5.56. The molecule has 86 valence electrons. The molecule has 0 saturated heterocycles. The summed E-state index contributed by atoms with van der Waals surface area (Å²) in [5.41, 5.74) is -1.42. The van der Waals surface area contributed by atoms with E-state index in [-0.39, 0.29) is 47.3 Å². The van der Waals surface area contributed by atoms with Crippen molar-refractivity contribution in [3.8, 4) is 0 Å². The Morgan fingerprint density at radius 3 is 1.33 bits per heavy atom. The molecule has 0 aliphatic rings. The summed E-state index contributed by atoms with van der Waals surface area (Å²) in [7, 11) is 0. The van der Waals surface area contributed by atoms with Gasteiger partial charge in [-0.25, -0.2) is 0 Å². The molecule has 0 saturated carbocycles. The van der Waals surface area contributed by atoms with Crippen molar-refractivity contribution < 1.29 is 41.6 Å². The summed E-state index contributed by atoms with van der Waals surface area (Å²) in [6.07, 6.45) is 2.27. The molecule has 0 fully saturated rings. The summed E-state index contributed by atoms with van der Waals surface area (Å²) in [6.45, 7) is 15.7. The molecule has 0 aromatic rings. The Labute approximate surface area is 118 Å². The van der Waals surface area contributed by atoms with Crippen LogP contribution < -0.4 is 22.1 Å². The van der Waals surface area contributed by atoms with Crippen molar-refractivity contribution in [2.24, 2.45) is 10.8 Å². The smallest absolute Gasteiger partial charge is 1.00 e. The van der Waals surface area contributed by atoms with E-state index < -0.39 is 5.60 Å². The summed E-state index contributed by atoms with van der Waals surface area (Å²) < 4.78 is 0. The third-order valence-electron chi connectivity index (χ3n) is 2.85. The van der Waals surface area contributed by atoms with Gasteiger partial charge in [0.2, 0.25) is 0 Å². The van der Waals surface area contributed by atoms with Crippen LogP contribution in [0.1, 0.15) is 48.0 Å². The van der Waals surface area contributed by atoms with Gasteiger partial charge in [0.05, 0.1) is 0 Å². The molecular weight excluding hydrogens is 305 g/mol. The summed E-state index contributed by atoms with van der Waals surface area (Å²) >= 11 is 0. The van der Waals surface area contributed by atoms with Crippen molar-refractivity contribution in [2.45, 2.75) is 53.6 Å². The average molecular weight is 329 g/mol. The van der Waals surface area contributed by atoms with Gasteiger partial charge in [-0.3, -0.25) is 0 Å². The van der Waals surface area contributed by atoms with Crippen molar-refractivity contribution in [1.29, 1.82) is 0 Å². The minimum Gasteiger partial charge on any atom is -1.00 e. The number of rotatable bonds is 2. The van der Waals surface area contributed by atoms with Crippen molar-refractivity contribution in [3.05, 3.63) is 12.7 Å². The Morgan fingerprint density at radius 1 is 1.00 bits per heavy atom. The maximum absolute atomic E-state index is 12.7. The number of hydrogen-bond donors (Lipinski definition) is 0. The predicted octanol–water partition coefficient (Wildman–Crippen LogP) is -0.245. The minimum absolute atomic E-state index is 0. The Morgan fingerprint density at radius 2 is 1.27 bits per heavy atom. The van der Waals surface area contributed by atoms with Crippen LogP contribution in [-0.4, -0.2) is 5.60 Å². The molecular formula is C12H23BrOZn. The molecule has 0 atom stereocenters. The zero-order chi connectivity index (χ0) is 10.9. The predicted molar refractivity (Wildman–Crippen MR) is 56.5 cm³/mol. The van der Waals surface area contributed by atoms with Crippen LogP contribution >= 0.6 is 0 Å². The second kappa shape index (κ2) is 6.52. The summed E-state index contributed by atoms with van der Waals surface area (Å²) in [6, 6.07) is 0. The maximum Gasteiger partial charge on any atom is 2.00 e. The third kappa shape index (κ3) is 4.67. The third-order valence-corrected chi connectivity index (χ3v) is 2.85. The van der Waals surface area contributed by atoms with E-state index in [1.165, 1.54) is 0 Å². The Balaban J connectivity index is -0.000000720. The largest absolute Gasteiger partial charge is 2.00 e. The quantitative estimate of drug-likeness (QED) is 0.507. The van der Waals surface area contributed by atoms with Crippen LogP contribution in [0.25, 0.3) is 0 Å². The molecule has 0 aromatic heterocycles. The molecule has 3 heteroatoms. The van der Waals surface area contributed by atoms with E-state index in [0.29, 0.717) is 6.42 Å². The first-order valence-corrected chi connectivity index (χ1v) is 4.87. The van der Waals surface area contributed by atoms with Crippen molar-refractivity contribution >= 4 is 0 Å². The topological polar surface area (TPSA) is 23.1 Å². The molecule has 0 aliphatic heterocycles. The van der Waals surface area contributed by atoms with Crippen LogP contribution in [0.5, 0.6) is 0 Å².